The Morgan fingerprint density at radius 3 is 2.68 bits per heavy atom. The van der Waals surface area contributed by atoms with Crippen molar-refractivity contribution in [2.24, 2.45) is 0 Å². The van der Waals surface area contributed by atoms with Crippen LogP contribution in [0.3, 0.4) is 0 Å². The van der Waals surface area contributed by atoms with Crippen molar-refractivity contribution >= 4 is 23.1 Å². The highest BCUT2D eigenvalue weighted by Gasteiger charge is 2.24. The number of rotatable bonds is 7. The summed E-state index contributed by atoms with van der Waals surface area (Å²) < 4.78 is 13.1. The van der Waals surface area contributed by atoms with Crippen LogP contribution < -0.4 is 4.74 Å². The second kappa shape index (κ2) is 9.23. The summed E-state index contributed by atoms with van der Waals surface area (Å²) in [6, 6.07) is 10.4. The number of benzene rings is 1. The second-order valence-corrected chi connectivity index (χ2v) is 9.23. The largest absolute Gasteiger partial charge is 0.497 e. The Morgan fingerprint density at radius 2 is 1.94 bits per heavy atom. The van der Waals surface area contributed by atoms with Gasteiger partial charge < -0.3 is 9.26 Å². The minimum absolute atomic E-state index is 0.410. The van der Waals surface area contributed by atoms with E-state index in [1.165, 1.54) is 19.3 Å². The van der Waals surface area contributed by atoms with Gasteiger partial charge in [0.15, 0.2) is 11.0 Å². The fraction of sp³-hybridized carbons (Fsp3) is 0.364. The van der Waals surface area contributed by atoms with E-state index < -0.39 is 0 Å². The topological polar surface area (TPSA) is 78.9 Å². The van der Waals surface area contributed by atoms with Gasteiger partial charge in [-0.1, -0.05) is 36.2 Å². The number of nitrogens with zero attached hydrogens (tertiary/aromatic N) is 5. The summed E-state index contributed by atoms with van der Waals surface area (Å²) in [5.41, 5.74) is 2.03. The Bertz CT molecular complexity index is 1120. The highest BCUT2D eigenvalue weighted by atomic mass is 32.2. The number of hydrogen-bond donors (Lipinski definition) is 0. The van der Waals surface area contributed by atoms with Crippen molar-refractivity contribution in [1.29, 1.82) is 0 Å². The minimum atomic E-state index is 0.410. The third-order valence-corrected chi connectivity index (χ3v) is 7.14. The first-order valence-corrected chi connectivity index (χ1v) is 12.3. The Morgan fingerprint density at radius 1 is 1.10 bits per heavy atom. The van der Waals surface area contributed by atoms with Crippen LogP contribution in [0.15, 0.2) is 50.8 Å². The molecular formula is C22H23N5O2S2. The van der Waals surface area contributed by atoms with Gasteiger partial charge in [0.1, 0.15) is 5.75 Å². The standard InChI is InChI=1S/C22H23N5O2S2/c1-28-18-9-7-15(8-10-18)21-24-25-22(27(21)17-5-3-2-4-6-17)31-14-19-23-20(26-29-19)16-11-12-30-13-16/h7-13,17H,2-6,14H2,1H3. The molecule has 31 heavy (non-hydrogen) atoms. The zero-order valence-corrected chi connectivity index (χ0v) is 18.9. The molecule has 9 heteroatoms. The first-order chi connectivity index (χ1) is 15.3. The van der Waals surface area contributed by atoms with Crippen molar-refractivity contribution in [2.45, 2.75) is 49.1 Å². The van der Waals surface area contributed by atoms with Gasteiger partial charge in [-0.15, -0.1) is 10.2 Å². The number of aromatic nitrogens is 5. The van der Waals surface area contributed by atoms with Crippen LogP contribution in [0.25, 0.3) is 22.8 Å². The highest BCUT2D eigenvalue weighted by molar-refractivity contribution is 7.98. The predicted octanol–water partition coefficient (Wildman–Crippen LogP) is 5.86. The molecule has 0 radical (unpaired) electrons. The molecule has 1 aliphatic rings. The lowest BCUT2D eigenvalue weighted by molar-refractivity contribution is 0.339. The fourth-order valence-corrected chi connectivity index (χ4v) is 5.41. The van der Waals surface area contributed by atoms with Gasteiger partial charge in [0.05, 0.1) is 12.9 Å². The second-order valence-electron chi connectivity index (χ2n) is 7.51. The first kappa shape index (κ1) is 20.3. The predicted molar refractivity (Wildman–Crippen MR) is 121 cm³/mol. The molecule has 0 unspecified atom stereocenters. The number of thiophene rings is 1. The molecule has 1 fully saturated rings. The summed E-state index contributed by atoms with van der Waals surface area (Å²) in [6.45, 7) is 0. The zero-order chi connectivity index (χ0) is 21.0. The maximum absolute atomic E-state index is 5.46. The molecule has 1 saturated carbocycles. The Balaban J connectivity index is 1.40. The van der Waals surface area contributed by atoms with Crippen LogP contribution in [0.5, 0.6) is 5.75 Å². The number of hydrogen-bond acceptors (Lipinski definition) is 8. The molecule has 4 aromatic rings. The van der Waals surface area contributed by atoms with Crippen LogP contribution in [-0.2, 0) is 5.75 Å². The van der Waals surface area contributed by atoms with Crippen molar-refractivity contribution < 1.29 is 9.26 Å². The van der Waals surface area contributed by atoms with Gasteiger partial charge >= 0.3 is 0 Å². The molecule has 0 spiro atoms. The Labute approximate surface area is 188 Å². The monoisotopic (exact) mass is 453 g/mol. The molecule has 3 heterocycles. The molecule has 160 valence electrons. The van der Waals surface area contributed by atoms with Gasteiger partial charge in [-0.3, -0.25) is 4.57 Å². The summed E-state index contributed by atoms with van der Waals surface area (Å²) in [5, 5.41) is 18.1. The molecular weight excluding hydrogens is 430 g/mol. The normalized spacial score (nSPS) is 14.7. The summed E-state index contributed by atoms with van der Waals surface area (Å²) in [5.74, 6) is 3.52. The molecule has 3 aromatic heterocycles. The van der Waals surface area contributed by atoms with Gasteiger partial charge in [-0.05, 0) is 48.6 Å². The number of methoxy groups -OCH3 is 1. The zero-order valence-electron chi connectivity index (χ0n) is 17.2. The Kier molecular flexibility index (Phi) is 6.04. The lowest BCUT2D eigenvalue weighted by Gasteiger charge is -2.25. The van der Waals surface area contributed by atoms with Crippen molar-refractivity contribution in [3.8, 4) is 28.5 Å². The van der Waals surface area contributed by atoms with Crippen molar-refractivity contribution in [3.63, 3.8) is 0 Å². The van der Waals surface area contributed by atoms with Crippen molar-refractivity contribution in [3.05, 3.63) is 47.0 Å². The quantitative estimate of drug-likeness (QED) is 0.324. The van der Waals surface area contributed by atoms with E-state index in [4.69, 9.17) is 9.26 Å². The maximum atomic E-state index is 5.46. The molecule has 0 amide bonds. The first-order valence-electron chi connectivity index (χ1n) is 10.4. The van der Waals surface area contributed by atoms with E-state index in [1.54, 1.807) is 30.2 Å². The molecule has 0 bridgehead atoms. The van der Waals surface area contributed by atoms with Crippen LogP contribution >= 0.6 is 23.1 Å². The number of ether oxygens (including phenoxy) is 1. The summed E-state index contributed by atoms with van der Waals surface area (Å²) in [4.78, 5) is 4.53. The fourth-order valence-electron chi connectivity index (χ4n) is 3.93. The molecule has 7 nitrogen and oxygen atoms in total. The Hall–Kier alpha value is -2.65. The van der Waals surface area contributed by atoms with Crippen LogP contribution in [0.1, 0.15) is 44.0 Å². The summed E-state index contributed by atoms with van der Waals surface area (Å²) in [7, 11) is 1.68. The van der Waals surface area contributed by atoms with Gasteiger partial charge in [0.25, 0.3) is 0 Å². The molecule has 0 aliphatic heterocycles. The van der Waals surface area contributed by atoms with Gasteiger partial charge in [0, 0.05) is 22.5 Å². The van der Waals surface area contributed by atoms with Crippen LogP contribution in [0.4, 0.5) is 0 Å². The van der Waals surface area contributed by atoms with Crippen LogP contribution in [0, 0.1) is 0 Å². The van der Waals surface area contributed by atoms with E-state index in [0.717, 1.165) is 40.7 Å². The van der Waals surface area contributed by atoms with E-state index in [1.807, 2.05) is 41.1 Å². The van der Waals surface area contributed by atoms with Crippen LogP contribution in [-0.4, -0.2) is 32.0 Å². The molecule has 5 rings (SSSR count). The highest BCUT2D eigenvalue weighted by Crippen LogP contribution is 2.36. The SMILES string of the molecule is COc1ccc(-c2nnc(SCc3nc(-c4ccsc4)no3)n2C2CCCCC2)cc1. The third-order valence-electron chi connectivity index (χ3n) is 5.52. The van der Waals surface area contributed by atoms with Gasteiger partial charge in [-0.25, -0.2) is 0 Å². The van der Waals surface area contributed by atoms with E-state index in [0.29, 0.717) is 23.5 Å². The van der Waals surface area contributed by atoms with Crippen LogP contribution in [0.2, 0.25) is 0 Å². The van der Waals surface area contributed by atoms with Gasteiger partial charge in [-0.2, -0.15) is 16.3 Å². The molecule has 1 aliphatic carbocycles. The minimum Gasteiger partial charge on any atom is -0.497 e. The molecule has 0 saturated heterocycles. The summed E-state index contributed by atoms with van der Waals surface area (Å²) >= 11 is 3.22. The van der Waals surface area contributed by atoms with E-state index in [-0.39, 0.29) is 0 Å². The lowest BCUT2D eigenvalue weighted by Crippen LogP contribution is -2.15. The lowest BCUT2D eigenvalue weighted by atomic mass is 9.95. The van der Waals surface area contributed by atoms with E-state index in [9.17, 15) is 0 Å². The van der Waals surface area contributed by atoms with Gasteiger partial charge in [0.2, 0.25) is 11.7 Å². The average molecular weight is 454 g/mol. The van der Waals surface area contributed by atoms with Crippen molar-refractivity contribution in [1.82, 2.24) is 24.9 Å². The molecule has 1 aromatic carbocycles. The maximum Gasteiger partial charge on any atom is 0.237 e. The summed E-state index contributed by atoms with van der Waals surface area (Å²) in [6.07, 6.45) is 6.08. The number of thioether (sulfide) groups is 1. The molecule has 0 atom stereocenters. The van der Waals surface area contributed by atoms with E-state index in [2.05, 4.69) is 24.9 Å². The van der Waals surface area contributed by atoms with Crippen molar-refractivity contribution in [2.75, 3.05) is 7.11 Å². The van der Waals surface area contributed by atoms with E-state index >= 15 is 0 Å². The smallest absolute Gasteiger partial charge is 0.237 e. The molecule has 0 N–H and O–H groups in total. The third kappa shape index (κ3) is 4.38. The average Bonchev–Trinajstić information content (AvgIpc) is 3.59.